The Labute approximate surface area is 149 Å². The lowest BCUT2D eigenvalue weighted by Gasteiger charge is -2.12. The molecular formula is C18H17NO5S. The van der Waals surface area contributed by atoms with E-state index in [1.807, 2.05) is 29.6 Å². The molecule has 0 aliphatic carbocycles. The van der Waals surface area contributed by atoms with E-state index in [0.717, 1.165) is 10.4 Å². The van der Waals surface area contributed by atoms with Crippen molar-refractivity contribution in [3.05, 3.63) is 52.2 Å². The summed E-state index contributed by atoms with van der Waals surface area (Å²) in [6.45, 7) is 2.05. The molecule has 0 fully saturated rings. The summed E-state index contributed by atoms with van der Waals surface area (Å²) in [5.41, 5.74) is 0.869. The van der Waals surface area contributed by atoms with Gasteiger partial charge in [0.15, 0.2) is 17.6 Å². The van der Waals surface area contributed by atoms with Gasteiger partial charge in [0.05, 0.1) is 0 Å². The molecule has 0 spiro atoms. The Balaban J connectivity index is 1.46. The van der Waals surface area contributed by atoms with Crippen LogP contribution in [0.4, 0.5) is 0 Å². The molecule has 1 aromatic carbocycles. The molecule has 130 valence electrons. The minimum atomic E-state index is -0.880. The van der Waals surface area contributed by atoms with Crippen molar-refractivity contribution in [1.82, 2.24) is 5.32 Å². The Morgan fingerprint density at radius 2 is 2.16 bits per heavy atom. The first-order valence-electron chi connectivity index (χ1n) is 7.70. The van der Waals surface area contributed by atoms with E-state index in [2.05, 4.69) is 5.32 Å². The summed E-state index contributed by atoms with van der Waals surface area (Å²) in [6, 6.07) is 9.22. The van der Waals surface area contributed by atoms with Crippen LogP contribution in [0.5, 0.6) is 11.5 Å². The molecule has 6 nitrogen and oxygen atoms in total. The van der Waals surface area contributed by atoms with Crippen LogP contribution >= 0.6 is 11.3 Å². The van der Waals surface area contributed by atoms with Crippen molar-refractivity contribution in [2.24, 2.45) is 0 Å². The van der Waals surface area contributed by atoms with Gasteiger partial charge in [0, 0.05) is 17.5 Å². The summed E-state index contributed by atoms with van der Waals surface area (Å²) in [5.74, 6) is 0.425. The van der Waals surface area contributed by atoms with Gasteiger partial charge in [-0.2, -0.15) is 0 Å². The molecular weight excluding hydrogens is 342 g/mol. The van der Waals surface area contributed by atoms with Gasteiger partial charge in [-0.1, -0.05) is 12.1 Å². The number of hydrogen-bond donors (Lipinski definition) is 1. The van der Waals surface area contributed by atoms with Crippen LogP contribution in [0.3, 0.4) is 0 Å². The molecule has 1 atom stereocenters. The van der Waals surface area contributed by atoms with Crippen molar-refractivity contribution < 1.29 is 23.8 Å². The number of thiophene rings is 1. The van der Waals surface area contributed by atoms with Gasteiger partial charge >= 0.3 is 5.97 Å². The molecule has 0 bridgehead atoms. The molecule has 1 aromatic heterocycles. The fourth-order valence-electron chi connectivity index (χ4n) is 2.19. The summed E-state index contributed by atoms with van der Waals surface area (Å²) < 4.78 is 15.6. The maximum absolute atomic E-state index is 12.1. The average Bonchev–Trinajstić information content (AvgIpc) is 3.28. The molecule has 1 aliphatic rings. The van der Waals surface area contributed by atoms with Crippen molar-refractivity contribution in [2.75, 3.05) is 6.79 Å². The first-order chi connectivity index (χ1) is 12.1. The predicted molar refractivity (Wildman–Crippen MR) is 93.3 cm³/mol. The summed E-state index contributed by atoms with van der Waals surface area (Å²) in [6.07, 6.45) is 2.09. The monoisotopic (exact) mass is 359 g/mol. The van der Waals surface area contributed by atoms with Crippen molar-refractivity contribution >= 4 is 29.3 Å². The zero-order valence-corrected chi connectivity index (χ0v) is 14.4. The van der Waals surface area contributed by atoms with E-state index in [1.165, 1.54) is 24.3 Å². The lowest BCUT2D eigenvalue weighted by atomic mass is 10.2. The summed E-state index contributed by atoms with van der Waals surface area (Å²) in [7, 11) is 0. The van der Waals surface area contributed by atoms with E-state index in [-0.39, 0.29) is 12.7 Å². The Morgan fingerprint density at radius 1 is 1.32 bits per heavy atom. The molecule has 1 amide bonds. The van der Waals surface area contributed by atoms with Crippen LogP contribution in [0.15, 0.2) is 41.8 Å². The van der Waals surface area contributed by atoms with Gasteiger partial charge in [-0.25, -0.2) is 4.79 Å². The van der Waals surface area contributed by atoms with Gasteiger partial charge in [-0.05, 0) is 42.1 Å². The molecule has 1 N–H and O–H groups in total. The minimum absolute atomic E-state index is 0.205. The standard InChI is InChI=1S/C18H17NO5S/c1-12(24-17(20)7-5-14-3-2-8-25-14)18(21)19-10-13-4-6-15-16(9-13)23-11-22-15/h2-9,12H,10-11H2,1H3,(H,19,21)/b7-5+/t12-/m0/s1. The highest BCUT2D eigenvalue weighted by Gasteiger charge is 2.17. The Hall–Kier alpha value is -2.80. The van der Waals surface area contributed by atoms with E-state index < -0.39 is 12.1 Å². The average molecular weight is 359 g/mol. The predicted octanol–water partition coefficient (Wildman–Crippen LogP) is 2.74. The molecule has 7 heteroatoms. The molecule has 3 rings (SSSR count). The zero-order valence-electron chi connectivity index (χ0n) is 13.6. The molecule has 25 heavy (non-hydrogen) atoms. The van der Waals surface area contributed by atoms with Crippen LogP contribution in [0.25, 0.3) is 6.08 Å². The fourth-order valence-corrected chi connectivity index (χ4v) is 2.81. The van der Waals surface area contributed by atoms with E-state index >= 15 is 0 Å². The summed E-state index contributed by atoms with van der Waals surface area (Å²) in [5, 5.41) is 4.64. The highest BCUT2D eigenvalue weighted by Crippen LogP contribution is 2.32. The third-order valence-electron chi connectivity index (χ3n) is 3.49. The van der Waals surface area contributed by atoms with Gasteiger partial charge < -0.3 is 19.5 Å². The zero-order chi connectivity index (χ0) is 17.6. The van der Waals surface area contributed by atoms with Crippen molar-refractivity contribution in [3.8, 4) is 11.5 Å². The van der Waals surface area contributed by atoms with Gasteiger partial charge in [-0.15, -0.1) is 11.3 Å². The number of carbonyl (C=O) groups excluding carboxylic acids is 2. The topological polar surface area (TPSA) is 73.9 Å². The molecule has 0 saturated heterocycles. The van der Waals surface area contributed by atoms with Crippen molar-refractivity contribution in [3.63, 3.8) is 0 Å². The second-order valence-electron chi connectivity index (χ2n) is 5.33. The highest BCUT2D eigenvalue weighted by molar-refractivity contribution is 7.10. The Morgan fingerprint density at radius 3 is 2.96 bits per heavy atom. The third kappa shape index (κ3) is 4.60. The molecule has 0 unspecified atom stereocenters. The maximum atomic E-state index is 12.1. The number of rotatable bonds is 6. The van der Waals surface area contributed by atoms with Gasteiger partial charge in [0.25, 0.3) is 5.91 Å². The Kier molecular flexibility index (Phi) is 5.35. The number of benzene rings is 1. The Bertz CT molecular complexity index is 785. The molecule has 0 radical (unpaired) electrons. The number of nitrogens with one attached hydrogen (secondary N) is 1. The van der Waals surface area contributed by atoms with Crippen LogP contribution in [-0.4, -0.2) is 24.8 Å². The summed E-state index contributed by atoms with van der Waals surface area (Å²) in [4.78, 5) is 24.7. The van der Waals surface area contributed by atoms with E-state index in [9.17, 15) is 9.59 Å². The minimum Gasteiger partial charge on any atom is -0.454 e. The number of amides is 1. The molecule has 1 aliphatic heterocycles. The van der Waals surface area contributed by atoms with Crippen LogP contribution in [0, 0.1) is 0 Å². The number of carbonyl (C=O) groups is 2. The molecule has 2 aromatic rings. The largest absolute Gasteiger partial charge is 0.454 e. The van der Waals surface area contributed by atoms with Crippen LogP contribution in [0.1, 0.15) is 17.4 Å². The molecule has 0 saturated carbocycles. The number of hydrogen-bond acceptors (Lipinski definition) is 6. The van der Waals surface area contributed by atoms with Gasteiger partial charge in [0.2, 0.25) is 6.79 Å². The first-order valence-corrected chi connectivity index (χ1v) is 8.58. The van der Waals surface area contributed by atoms with Crippen LogP contribution in [0.2, 0.25) is 0 Å². The smallest absolute Gasteiger partial charge is 0.331 e. The van der Waals surface area contributed by atoms with Crippen LogP contribution in [-0.2, 0) is 20.9 Å². The quantitative estimate of drug-likeness (QED) is 0.634. The maximum Gasteiger partial charge on any atom is 0.331 e. The SMILES string of the molecule is C[C@H](OC(=O)/C=C/c1cccs1)C(=O)NCc1ccc2c(c1)OCO2. The normalized spacial score (nSPS) is 13.6. The van der Waals surface area contributed by atoms with E-state index in [0.29, 0.717) is 18.0 Å². The lowest BCUT2D eigenvalue weighted by molar-refractivity contribution is -0.150. The molecule has 2 heterocycles. The fraction of sp³-hybridized carbons (Fsp3) is 0.222. The second-order valence-corrected chi connectivity index (χ2v) is 6.31. The van der Waals surface area contributed by atoms with Crippen molar-refractivity contribution in [1.29, 1.82) is 0 Å². The highest BCUT2D eigenvalue weighted by atomic mass is 32.1. The number of ether oxygens (including phenoxy) is 3. The number of esters is 1. The van der Waals surface area contributed by atoms with Gasteiger partial charge in [0.1, 0.15) is 0 Å². The second kappa shape index (κ2) is 7.85. The third-order valence-corrected chi connectivity index (χ3v) is 4.33. The summed E-state index contributed by atoms with van der Waals surface area (Å²) >= 11 is 1.51. The van der Waals surface area contributed by atoms with E-state index in [1.54, 1.807) is 12.1 Å². The lowest BCUT2D eigenvalue weighted by Crippen LogP contribution is -2.35. The van der Waals surface area contributed by atoms with Crippen LogP contribution < -0.4 is 14.8 Å². The number of fused-ring (bicyclic) bond motifs is 1. The van der Waals surface area contributed by atoms with E-state index in [4.69, 9.17) is 14.2 Å². The van der Waals surface area contributed by atoms with Crippen molar-refractivity contribution in [2.45, 2.75) is 19.6 Å². The first kappa shape index (κ1) is 17.0. The van der Waals surface area contributed by atoms with Gasteiger partial charge in [-0.3, -0.25) is 4.79 Å².